The predicted octanol–water partition coefficient (Wildman–Crippen LogP) is 3.45. The molecule has 1 aromatic rings. The maximum atomic E-state index is 13.3. The summed E-state index contributed by atoms with van der Waals surface area (Å²) in [4.78, 5) is 17.7. The second-order valence-corrected chi connectivity index (χ2v) is 8.53. The number of carbonyl (C=O) groups is 1. The molecule has 0 N–H and O–H groups in total. The lowest BCUT2D eigenvalue weighted by Crippen LogP contribution is -2.62. The molecular formula is C21H27BrN2O3. The van der Waals surface area contributed by atoms with Gasteiger partial charge in [-0.2, -0.15) is 0 Å². The number of nitrogens with zero attached hydrogens (tertiary/aromatic N) is 2. The van der Waals surface area contributed by atoms with Gasteiger partial charge in [-0.1, -0.05) is 34.5 Å². The van der Waals surface area contributed by atoms with Crippen LogP contribution < -0.4 is 0 Å². The summed E-state index contributed by atoms with van der Waals surface area (Å²) in [5, 5.41) is 0. The molecule has 5 nitrogen and oxygen atoms in total. The minimum atomic E-state index is -0.691. The maximum absolute atomic E-state index is 13.3. The topological polar surface area (TPSA) is 42.0 Å². The van der Waals surface area contributed by atoms with Gasteiger partial charge in [0.05, 0.1) is 13.2 Å². The Kier molecular flexibility index (Phi) is 5.69. The zero-order valence-electron chi connectivity index (χ0n) is 15.8. The lowest BCUT2D eigenvalue weighted by molar-refractivity contribution is -0.207. The molecule has 1 saturated carbocycles. The van der Waals surface area contributed by atoms with Crippen molar-refractivity contribution >= 4 is 21.8 Å². The highest BCUT2D eigenvalue weighted by atomic mass is 79.9. The third kappa shape index (κ3) is 3.73. The van der Waals surface area contributed by atoms with Crippen LogP contribution in [0.5, 0.6) is 0 Å². The van der Waals surface area contributed by atoms with Gasteiger partial charge in [-0.05, 0) is 37.1 Å². The number of likely N-dealkylation sites (N-methyl/N-ethyl adjacent to an activating group) is 1. The van der Waals surface area contributed by atoms with Crippen LogP contribution in [-0.2, 0) is 9.47 Å². The van der Waals surface area contributed by atoms with Crippen LogP contribution in [0, 0.1) is 0 Å². The summed E-state index contributed by atoms with van der Waals surface area (Å²) in [6.07, 6.45) is 8.51. The van der Waals surface area contributed by atoms with Crippen molar-refractivity contribution in [2.75, 3.05) is 33.4 Å². The Morgan fingerprint density at radius 3 is 2.48 bits per heavy atom. The lowest BCUT2D eigenvalue weighted by atomic mass is 9.93. The molecule has 0 aromatic heterocycles. The zero-order chi connectivity index (χ0) is 18.9. The van der Waals surface area contributed by atoms with E-state index in [9.17, 15) is 4.79 Å². The van der Waals surface area contributed by atoms with E-state index in [0.717, 1.165) is 43.2 Å². The van der Waals surface area contributed by atoms with E-state index >= 15 is 0 Å². The van der Waals surface area contributed by atoms with E-state index in [1.807, 2.05) is 36.2 Å². The van der Waals surface area contributed by atoms with E-state index in [4.69, 9.17) is 9.47 Å². The molecule has 2 atom stereocenters. The van der Waals surface area contributed by atoms with Crippen LogP contribution in [0.2, 0.25) is 0 Å². The van der Waals surface area contributed by atoms with E-state index in [1.165, 1.54) is 0 Å². The third-order valence-corrected chi connectivity index (χ3v) is 6.54. The van der Waals surface area contributed by atoms with Gasteiger partial charge in [0, 0.05) is 42.6 Å². The summed E-state index contributed by atoms with van der Waals surface area (Å²) in [6.45, 7) is 3.05. The fourth-order valence-electron chi connectivity index (χ4n) is 4.73. The molecule has 0 bridgehead atoms. The fraction of sp³-hybridized carbons (Fsp3) is 0.571. The number of benzene rings is 1. The van der Waals surface area contributed by atoms with Crippen LogP contribution in [0.1, 0.15) is 36.0 Å². The summed E-state index contributed by atoms with van der Waals surface area (Å²) in [5.74, 6) is -0.672. The standard InChI is InChI=1S/C21H27BrN2O3/c1-23(20(25)16-7-9-17(22)10-8-16)19-18(24-12-4-5-13-24)6-2-3-11-21(19)26-14-15-27-21/h4-5,7-10,18-19H,2-3,6,11-15H2,1H3. The molecule has 3 aliphatic rings. The minimum Gasteiger partial charge on any atom is -0.345 e. The fourth-order valence-corrected chi connectivity index (χ4v) is 5.00. The van der Waals surface area contributed by atoms with Crippen molar-refractivity contribution in [3.63, 3.8) is 0 Å². The number of carbonyl (C=O) groups excluding carboxylic acids is 1. The number of halogens is 1. The quantitative estimate of drug-likeness (QED) is 0.683. The molecule has 27 heavy (non-hydrogen) atoms. The largest absolute Gasteiger partial charge is 0.345 e. The SMILES string of the molecule is CN(C(=O)c1ccc(Br)cc1)C1C(N2CC=CC2)CCCCC12OCCO2. The van der Waals surface area contributed by atoms with Crippen molar-refractivity contribution in [3.8, 4) is 0 Å². The van der Waals surface area contributed by atoms with Crippen LogP contribution in [0.15, 0.2) is 40.9 Å². The molecule has 2 aliphatic heterocycles. The first-order chi connectivity index (χ1) is 13.1. The van der Waals surface area contributed by atoms with Gasteiger partial charge < -0.3 is 14.4 Å². The molecule has 1 aliphatic carbocycles. The van der Waals surface area contributed by atoms with E-state index in [1.54, 1.807) is 0 Å². The van der Waals surface area contributed by atoms with Gasteiger partial charge in [-0.15, -0.1) is 0 Å². The lowest BCUT2D eigenvalue weighted by Gasteiger charge is -2.46. The van der Waals surface area contributed by atoms with Gasteiger partial charge >= 0.3 is 0 Å². The monoisotopic (exact) mass is 434 g/mol. The number of rotatable bonds is 3. The van der Waals surface area contributed by atoms with Crippen LogP contribution in [0.25, 0.3) is 0 Å². The van der Waals surface area contributed by atoms with Crippen molar-refractivity contribution in [2.24, 2.45) is 0 Å². The molecule has 1 saturated heterocycles. The van der Waals surface area contributed by atoms with Gasteiger partial charge in [0.25, 0.3) is 5.91 Å². The first-order valence-corrected chi connectivity index (χ1v) is 10.6. The summed E-state index contributed by atoms with van der Waals surface area (Å²) in [5.41, 5.74) is 0.691. The summed E-state index contributed by atoms with van der Waals surface area (Å²) in [6, 6.07) is 7.66. The number of amides is 1. The van der Waals surface area contributed by atoms with Crippen LogP contribution in [0.3, 0.4) is 0 Å². The molecule has 1 aromatic carbocycles. The van der Waals surface area contributed by atoms with Crippen LogP contribution >= 0.6 is 15.9 Å². The van der Waals surface area contributed by atoms with Crippen LogP contribution in [0.4, 0.5) is 0 Å². The highest BCUT2D eigenvalue weighted by Gasteiger charge is 2.53. The smallest absolute Gasteiger partial charge is 0.254 e. The van der Waals surface area contributed by atoms with E-state index in [2.05, 4.69) is 33.0 Å². The highest BCUT2D eigenvalue weighted by Crippen LogP contribution is 2.40. The van der Waals surface area contributed by atoms with Gasteiger partial charge in [-0.3, -0.25) is 9.69 Å². The number of hydrogen-bond acceptors (Lipinski definition) is 4. The minimum absolute atomic E-state index is 0.0185. The van der Waals surface area contributed by atoms with E-state index in [-0.39, 0.29) is 18.0 Å². The Morgan fingerprint density at radius 2 is 1.81 bits per heavy atom. The summed E-state index contributed by atoms with van der Waals surface area (Å²) < 4.78 is 13.4. The average molecular weight is 435 g/mol. The van der Waals surface area contributed by atoms with Gasteiger partial charge in [0.1, 0.15) is 6.04 Å². The van der Waals surface area contributed by atoms with Crippen molar-refractivity contribution in [2.45, 2.75) is 43.6 Å². The second kappa shape index (κ2) is 8.03. The van der Waals surface area contributed by atoms with Crippen molar-refractivity contribution < 1.29 is 14.3 Å². The molecule has 2 unspecified atom stereocenters. The Labute approximate surface area is 169 Å². The Bertz CT molecular complexity index is 692. The molecule has 4 rings (SSSR count). The average Bonchev–Trinajstić information content (AvgIpc) is 3.33. The summed E-state index contributed by atoms with van der Waals surface area (Å²) in [7, 11) is 1.91. The van der Waals surface area contributed by atoms with Gasteiger partial charge in [0.15, 0.2) is 5.79 Å². The molecule has 1 spiro atoms. The zero-order valence-corrected chi connectivity index (χ0v) is 17.4. The highest BCUT2D eigenvalue weighted by molar-refractivity contribution is 9.10. The number of ether oxygens (including phenoxy) is 2. The molecule has 2 heterocycles. The third-order valence-electron chi connectivity index (χ3n) is 6.01. The maximum Gasteiger partial charge on any atom is 0.254 e. The van der Waals surface area contributed by atoms with Gasteiger partial charge in [-0.25, -0.2) is 0 Å². The van der Waals surface area contributed by atoms with E-state index in [0.29, 0.717) is 18.8 Å². The first-order valence-electron chi connectivity index (χ1n) is 9.80. The first kappa shape index (κ1) is 19.1. The normalized spacial score (nSPS) is 27.8. The Hall–Kier alpha value is -1.21. The second-order valence-electron chi connectivity index (χ2n) is 7.61. The predicted molar refractivity (Wildman–Crippen MR) is 108 cm³/mol. The van der Waals surface area contributed by atoms with E-state index < -0.39 is 5.79 Å². The van der Waals surface area contributed by atoms with Crippen LogP contribution in [-0.4, -0.2) is 66.9 Å². The van der Waals surface area contributed by atoms with Crippen molar-refractivity contribution in [3.05, 3.63) is 46.5 Å². The molecular weight excluding hydrogens is 408 g/mol. The Morgan fingerprint density at radius 1 is 1.15 bits per heavy atom. The van der Waals surface area contributed by atoms with Gasteiger partial charge in [0.2, 0.25) is 0 Å². The number of hydrogen-bond donors (Lipinski definition) is 0. The molecule has 0 radical (unpaired) electrons. The molecule has 6 heteroatoms. The molecule has 146 valence electrons. The Balaban J connectivity index is 1.67. The molecule has 2 fully saturated rings. The molecule has 1 amide bonds. The van der Waals surface area contributed by atoms with Crippen molar-refractivity contribution in [1.82, 2.24) is 9.80 Å². The summed E-state index contributed by atoms with van der Waals surface area (Å²) >= 11 is 3.44. The van der Waals surface area contributed by atoms with Crippen molar-refractivity contribution in [1.29, 1.82) is 0 Å².